The van der Waals surface area contributed by atoms with E-state index in [1.54, 1.807) is 7.05 Å². The van der Waals surface area contributed by atoms with Gasteiger partial charge in [0.2, 0.25) is 0 Å². The van der Waals surface area contributed by atoms with E-state index in [1.807, 2.05) is 13.0 Å². The zero-order chi connectivity index (χ0) is 17.9. The van der Waals surface area contributed by atoms with E-state index in [0.29, 0.717) is 25.6 Å². The minimum Gasteiger partial charge on any atom is -0.389 e. The maximum atomic E-state index is 12.1. The Hall–Kier alpha value is -1.43. The van der Waals surface area contributed by atoms with Crippen molar-refractivity contribution in [2.24, 2.45) is 0 Å². The van der Waals surface area contributed by atoms with E-state index >= 15 is 0 Å². The molecule has 5 nitrogen and oxygen atoms in total. The molecule has 3 rings (SSSR count). The number of likely N-dealkylation sites (N-methyl/N-ethyl adjacent to an activating group) is 1. The molecule has 25 heavy (non-hydrogen) atoms. The molecule has 5 heteroatoms. The number of hydrogen-bond acceptors (Lipinski definition) is 4. The lowest BCUT2D eigenvalue weighted by molar-refractivity contribution is -0.160. The molecule has 1 atom stereocenters. The molecule has 0 unspecified atom stereocenters. The third kappa shape index (κ3) is 4.22. The van der Waals surface area contributed by atoms with Crippen molar-refractivity contribution in [3.63, 3.8) is 0 Å². The first kappa shape index (κ1) is 18.4. The topological polar surface area (TPSA) is 61.8 Å². The van der Waals surface area contributed by atoms with Crippen LogP contribution in [-0.2, 0) is 9.53 Å². The molecule has 2 fully saturated rings. The zero-order valence-electron chi connectivity index (χ0n) is 15.3. The number of ether oxygens (including phenoxy) is 1. The Morgan fingerprint density at radius 2 is 2.00 bits per heavy atom. The van der Waals surface area contributed by atoms with E-state index in [0.717, 1.165) is 32.2 Å². The Morgan fingerprint density at radius 3 is 2.64 bits per heavy atom. The fourth-order valence-corrected chi connectivity index (χ4v) is 4.28. The summed E-state index contributed by atoms with van der Waals surface area (Å²) in [6, 6.07) is 10.6. The highest BCUT2D eigenvalue weighted by atomic mass is 16.5. The molecule has 1 saturated carbocycles. The molecule has 2 aliphatic rings. The second-order valence-electron chi connectivity index (χ2n) is 7.78. The zero-order valence-corrected chi connectivity index (χ0v) is 15.3. The van der Waals surface area contributed by atoms with Gasteiger partial charge in [-0.3, -0.25) is 9.69 Å². The van der Waals surface area contributed by atoms with Crippen LogP contribution in [0.3, 0.4) is 0 Å². The van der Waals surface area contributed by atoms with Gasteiger partial charge in [-0.2, -0.15) is 0 Å². The first-order valence-electron chi connectivity index (χ1n) is 9.30. The molecule has 2 N–H and O–H groups in total. The Bertz CT molecular complexity index is 584. The fraction of sp³-hybridized carbons (Fsp3) is 0.650. The quantitative estimate of drug-likeness (QED) is 0.874. The first-order valence-corrected chi connectivity index (χ1v) is 9.30. The molecule has 1 aliphatic carbocycles. The number of carbonyl (C=O) groups excluding carboxylic acids is 1. The van der Waals surface area contributed by atoms with Crippen molar-refractivity contribution in [2.45, 2.75) is 49.7 Å². The van der Waals surface area contributed by atoms with Gasteiger partial charge in [0, 0.05) is 26.7 Å². The summed E-state index contributed by atoms with van der Waals surface area (Å²) in [4.78, 5) is 14.3. The molecule has 1 heterocycles. The summed E-state index contributed by atoms with van der Waals surface area (Å²) in [7, 11) is 1.63. The van der Waals surface area contributed by atoms with Crippen molar-refractivity contribution in [3.05, 3.63) is 35.9 Å². The van der Waals surface area contributed by atoms with Crippen LogP contribution in [-0.4, -0.2) is 60.4 Å². The molecule has 0 bridgehead atoms. The van der Waals surface area contributed by atoms with E-state index < -0.39 is 11.2 Å². The SMILES string of the molecule is CNC(=O)[C@@]1(C)CN(CC2(O)CCC(c3ccccc3)CC2)CCO1. The number of morpholine rings is 1. The number of nitrogens with one attached hydrogen (secondary N) is 1. The van der Waals surface area contributed by atoms with Gasteiger partial charge in [-0.15, -0.1) is 0 Å². The molecular weight excluding hydrogens is 316 g/mol. The standard InChI is InChI=1S/C20H30N2O3/c1-19(18(23)21-2)14-22(12-13-25-19)15-20(24)10-8-17(9-11-20)16-6-4-3-5-7-16/h3-7,17,24H,8-15H2,1-2H3,(H,21,23)/t17?,19-,20?/m1/s1. The Morgan fingerprint density at radius 1 is 1.32 bits per heavy atom. The monoisotopic (exact) mass is 346 g/mol. The first-order chi connectivity index (χ1) is 11.9. The number of carbonyl (C=O) groups is 1. The van der Waals surface area contributed by atoms with E-state index in [4.69, 9.17) is 4.74 Å². The third-order valence-corrected chi connectivity index (χ3v) is 5.77. The number of amides is 1. The van der Waals surface area contributed by atoms with E-state index in [2.05, 4.69) is 34.5 Å². The molecule has 1 aromatic carbocycles. The molecule has 1 saturated heterocycles. The maximum absolute atomic E-state index is 12.1. The highest BCUT2D eigenvalue weighted by Crippen LogP contribution is 2.38. The lowest BCUT2D eigenvalue weighted by atomic mass is 9.76. The average Bonchev–Trinajstić information content (AvgIpc) is 2.62. The van der Waals surface area contributed by atoms with Crippen molar-refractivity contribution in [2.75, 3.05) is 33.3 Å². The van der Waals surface area contributed by atoms with E-state index in [9.17, 15) is 9.90 Å². The van der Waals surface area contributed by atoms with Crippen LogP contribution in [0.5, 0.6) is 0 Å². The Balaban J connectivity index is 1.57. The maximum Gasteiger partial charge on any atom is 0.253 e. The molecule has 0 radical (unpaired) electrons. The van der Waals surface area contributed by atoms with Crippen molar-refractivity contribution in [1.82, 2.24) is 10.2 Å². The van der Waals surface area contributed by atoms with Gasteiger partial charge in [-0.05, 0) is 44.1 Å². The lowest BCUT2D eigenvalue weighted by Gasteiger charge is -2.44. The highest BCUT2D eigenvalue weighted by molar-refractivity contribution is 5.84. The molecule has 1 aromatic rings. The van der Waals surface area contributed by atoms with Gasteiger partial charge in [-0.25, -0.2) is 0 Å². The normalized spacial score (nSPS) is 33.8. The number of benzene rings is 1. The number of rotatable bonds is 4. The number of nitrogens with zero attached hydrogens (tertiary/aromatic N) is 1. The van der Waals surface area contributed by atoms with Gasteiger partial charge in [0.05, 0.1) is 12.2 Å². The van der Waals surface area contributed by atoms with Gasteiger partial charge in [0.1, 0.15) is 0 Å². The van der Waals surface area contributed by atoms with Crippen LogP contribution < -0.4 is 5.32 Å². The molecule has 0 aromatic heterocycles. The minimum atomic E-state index is -0.829. The van der Waals surface area contributed by atoms with Crippen LogP contribution in [0.2, 0.25) is 0 Å². The van der Waals surface area contributed by atoms with Crippen LogP contribution >= 0.6 is 0 Å². The number of β-amino-alcohol motifs (C(OH)–C–C–N with tert-alkyl or cyclic N) is 1. The van der Waals surface area contributed by atoms with E-state index in [-0.39, 0.29) is 5.91 Å². The summed E-state index contributed by atoms with van der Waals surface area (Å²) in [5.74, 6) is 0.444. The van der Waals surface area contributed by atoms with Crippen LogP contribution in [0.1, 0.15) is 44.1 Å². The molecule has 1 amide bonds. The van der Waals surface area contributed by atoms with Crippen LogP contribution in [0.15, 0.2) is 30.3 Å². The van der Waals surface area contributed by atoms with Crippen LogP contribution in [0.25, 0.3) is 0 Å². The largest absolute Gasteiger partial charge is 0.389 e. The van der Waals surface area contributed by atoms with Gasteiger partial charge < -0.3 is 15.2 Å². The van der Waals surface area contributed by atoms with Gasteiger partial charge in [0.25, 0.3) is 5.91 Å². The van der Waals surface area contributed by atoms with Crippen molar-refractivity contribution in [1.29, 1.82) is 0 Å². The summed E-state index contributed by atoms with van der Waals surface area (Å²) in [5, 5.41) is 13.8. The predicted octanol–water partition coefficient (Wildman–Crippen LogP) is 1.91. The highest BCUT2D eigenvalue weighted by Gasteiger charge is 2.42. The average molecular weight is 346 g/mol. The smallest absolute Gasteiger partial charge is 0.253 e. The number of hydrogen-bond donors (Lipinski definition) is 2. The summed E-state index contributed by atoms with van der Waals surface area (Å²) < 4.78 is 5.71. The molecule has 138 valence electrons. The van der Waals surface area contributed by atoms with Gasteiger partial charge in [0.15, 0.2) is 5.60 Å². The summed E-state index contributed by atoms with van der Waals surface area (Å²) >= 11 is 0. The fourth-order valence-electron chi connectivity index (χ4n) is 4.28. The molecule has 1 aliphatic heterocycles. The minimum absolute atomic E-state index is 0.100. The van der Waals surface area contributed by atoms with Crippen LogP contribution in [0.4, 0.5) is 0 Å². The van der Waals surface area contributed by atoms with Crippen molar-refractivity contribution < 1.29 is 14.6 Å². The summed E-state index contributed by atoms with van der Waals surface area (Å²) in [6.07, 6.45) is 3.64. The number of aliphatic hydroxyl groups is 1. The van der Waals surface area contributed by atoms with Crippen molar-refractivity contribution in [3.8, 4) is 0 Å². The summed E-state index contributed by atoms with van der Waals surface area (Å²) in [5.41, 5.74) is -0.111. The van der Waals surface area contributed by atoms with Crippen LogP contribution in [0, 0.1) is 0 Å². The molecular formula is C20H30N2O3. The third-order valence-electron chi connectivity index (χ3n) is 5.77. The lowest BCUT2D eigenvalue weighted by Crippen LogP contribution is -2.60. The van der Waals surface area contributed by atoms with Crippen molar-refractivity contribution >= 4 is 5.91 Å². The second kappa shape index (κ2) is 7.44. The Labute approximate surface area is 150 Å². The molecule has 0 spiro atoms. The van der Waals surface area contributed by atoms with Gasteiger partial charge in [-0.1, -0.05) is 30.3 Å². The Kier molecular flexibility index (Phi) is 5.46. The second-order valence-corrected chi connectivity index (χ2v) is 7.78. The predicted molar refractivity (Wildman–Crippen MR) is 97.5 cm³/mol. The van der Waals surface area contributed by atoms with Gasteiger partial charge >= 0.3 is 0 Å². The summed E-state index contributed by atoms with van der Waals surface area (Å²) in [6.45, 7) is 4.25. The van der Waals surface area contributed by atoms with E-state index in [1.165, 1.54) is 5.56 Å².